The van der Waals surface area contributed by atoms with Gasteiger partial charge in [-0.3, -0.25) is 4.68 Å². The molecule has 0 aliphatic carbocycles. The van der Waals surface area contributed by atoms with Gasteiger partial charge in [-0.15, -0.1) is 0 Å². The lowest BCUT2D eigenvalue weighted by atomic mass is 10.1. The zero-order chi connectivity index (χ0) is 14.2. The minimum absolute atomic E-state index is 0.311. The number of anilines is 3. The summed E-state index contributed by atoms with van der Waals surface area (Å²) in [5.41, 5.74) is 10.00. The van der Waals surface area contributed by atoms with E-state index in [-0.39, 0.29) is 0 Å². The summed E-state index contributed by atoms with van der Waals surface area (Å²) < 4.78 is 2.83. The molecule has 0 bridgehead atoms. The van der Waals surface area contributed by atoms with Crippen LogP contribution in [0.1, 0.15) is 31.0 Å². The van der Waals surface area contributed by atoms with E-state index >= 15 is 0 Å². The van der Waals surface area contributed by atoms with E-state index in [2.05, 4.69) is 59.2 Å². The smallest absolute Gasteiger partial charge is 0.152 e. The molecular formula is C14H19BrN4. The Morgan fingerprint density at radius 3 is 2.53 bits per heavy atom. The molecular weight excluding hydrogens is 304 g/mol. The first kappa shape index (κ1) is 13.9. The van der Waals surface area contributed by atoms with Crippen LogP contribution >= 0.6 is 15.9 Å². The Hall–Kier alpha value is -1.49. The van der Waals surface area contributed by atoms with Crippen LogP contribution in [-0.4, -0.2) is 9.78 Å². The minimum atomic E-state index is 0.311. The van der Waals surface area contributed by atoms with Gasteiger partial charge in [0.1, 0.15) is 0 Å². The second-order valence-electron chi connectivity index (χ2n) is 5.07. The van der Waals surface area contributed by atoms with E-state index in [0.29, 0.717) is 5.92 Å². The Balaban J connectivity index is 2.38. The van der Waals surface area contributed by atoms with Gasteiger partial charge in [0.05, 0.1) is 11.4 Å². The number of nitrogen functional groups attached to an aromatic ring is 1. The Morgan fingerprint density at radius 2 is 2.00 bits per heavy atom. The summed E-state index contributed by atoms with van der Waals surface area (Å²) in [5, 5.41) is 7.81. The van der Waals surface area contributed by atoms with Crippen molar-refractivity contribution in [3.05, 3.63) is 33.9 Å². The number of rotatable bonds is 3. The van der Waals surface area contributed by atoms with Crippen LogP contribution in [0.25, 0.3) is 0 Å². The predicted molar refractivity (Wildman–Crippen MR) is 83.9 cm³/mol. The monoisotopic (exact) mass is 322 g/mol. The largest absolute Gasteiger partial charge is 0.394 e. The number of nitrogens with zero attached hydrogens (tertiary/aromatic N) is 2. The third-order valence-electron chi connectivity index (χ3n) is 2.96. The van der Waals surface area contributed by atoms with Crippen molar-refractivity contribution in [3.63, 3.8) is 0 Å². The van der Waals surface area contributed by atoms with Crippen molar-refractivity contribution in [2.24, 2.45) is 7.05 Å². The molecule has 5 heteroatoms. The summed E-state index contributed by atoms with van der Waals surface area (Å²) in [6, 6.07) is 6.16. The van der Waals surface area contributed by atoms with Crippen LogP contribution in [0.15, 0.2) is 22.7 Å². The van der Waals surface area contributed by atoms with E-state index in [1.807, 2.05) is 13.1 Å². The maximum Gasteiger partial charge on any atom is 0.152 e. The fourth-order valence-corrected chi connectivity index (χ4v) is 2.69. The van der Waals surface area contributed by atoms with Gasteiger partial charge in [-0.2, -0.15) is 5.10 Å². The third-order valence-corrected chi connectivity index (χ3v) is 3.42. The van der Waals surface area contributed by atoms with Gasteiger partial charge in [0.2, 0.25) is 0 Å². The molecule has 3 N–H and O–H groups in total. The van der Waals surface area contributed by atoms with E-state index in [4.69, 9.17) is 5.73 Å². The van der Waals surface area contributed by atoms with E-state index in [0.717, 1.165) is 27.4 Å². The van der Waals surface area contributed by atoms with Crippen molar-refractivity contribution in [2.75, 3.05) is 11.1 Å². The van der Waals surface area contributed by atoms with Crippen molar-refractivity contribution < 1.29 is 0 Å². The summed E-state index contributed by atoms with van der Waals surface area (Å²) in [5.74, 6) is 1.15. The summed E-state index contributed by atoms with van der Waals surface area (Å²) >= 11 is 3.50. The quantitative estimate of drug-likeness (QED) is 0.899. The van der Waals surface area contributed by atoms with Crippen LogP contribution in [0.2, 0.25) is 0 Å². The molecule has 0 spiro atoms. The van der Waals surface area contributed by atoms with Gasteiger partial charge in [-0.25, -0.2) is 0 Å². The zero-order valence-corrected chi connectivity index (χ0v) is 13.2. The molecule has 0 saturated carbocycles. The van der Waals surface area contributed by atoms with E-state index in [9.17, 15) is 0 Å². The highest BCUT2D eigenvalue weighted by molar-refractivity contribution is 9.10. The van der Waals surface area contributed by atoms with Gasteiger partial charge < -0.3 is 11.1 Å². The first-order chi connectivity index (χ1) is 8.88. The van der Waals surface area contributed by atoms with E-state index in [1.165, 1.54) is 5.56 Å². The van der Waals surface area contributed by atoms with Gasteiger partial charge in [-0.1, -0.05) is 29.8 Å². The van der Waals surface area contributed by atoms with Gasteiger partial charge in [0.25, 0.3) is 0 Å². The molecule has 0 atom stereocenters. The molecule has 102 valence electrons. The number of hydrogen-bond acceptors (Lipinski definition) is 3. The lowest BCUT2D eigenvalue weighted by Gasteiger charge is -2.09. The summed E-state index contributed by atoms with van der Waals surface area (Å²) in [6.45, 7) is 6.24. The number of halogens is 1. The molecule has 1 aromatic heterocycles. The van der Waals surface area contributed by atoms with Crippen LogP contribution in [0.5, 0.6) is 0 Å². The van der Waals surface area contributed by atoms with Gasteiger partial charge >= 0.3 is 0 Å². The molecule has 1 heterocycles. The van der Waals surface area contributed by atoms with Crippen molar-refractivity contribution in [3.8, 4) is 0 Å². The van der Waals surface area contributed by atoms with Crippen LogP contribution < -0.4 is 11.1 Å². The average Bonchev–Trinajstić information content (AvgIpc) is 2.56. The molecule has 0 aliphatic rings. The Labute approximate surface area is 122 Å². The highest BCUT2D eigenvalue weighted by atomic mass is 79.9. The standard InChI is InChI=1S/C14H19BrN4/c1-8(2)13-12(16)14(19(4)18-13)17-11-6-9(3)5-10(15)7-11/h5-8,17H,16H2,1-4H3. The summed E-state index contributed by atoms with van der Waals surface area (Å²) in [7, 11) is 1.90. The second-order valence-corrected chi connectivity index (χ2v) is 5.98. The first-order valence-corrected chi connectivity index (χ1v) is 7.04. The molecule has 0 amide bonds. The van der Waals surface area contributed by atoms with Crippen LogP contribution in [0, 0.1) is 6.92 Å². The summed E-state index contributed by atoms with van der Waals surface area (Å²) in [6.07, 6.45) is 0. The fraction of sp³-hybridized carbons (Fsp3) is 0.357. The average molecular weight is 323 g/mol. The number of nitrogens with two attached hydrogens (primary N) is 1. The molecule has 19 heavy (non-hydrogen) atoms. The molecule has 0 fully saturated rings. The fourth-order valence-electron chi connectivity index (χ4n) is 2.08. The number of benzene rings is 1. The SMILES string of the molecule is Cc1cc(Br)cc(Nc2c(N)c(C(C)C)nn2C)c1. The van der Waals surface area contributed by atoms with Crippen LogP contribution in [0.3, 0.4) is 0 Å². The van der Waals surface area contributed by atoms with Gasteiger partial charge in [-0.05, 0) is 36.6 Å². The van der Waals surface area contributed by atoms with E-state index < -0.39 is 0 Å². The minimum Gasteiger partial charge on any atom is -0.394 e. The molecule has 0 aliphatic heterocycles. The zero-order valence-electron chi connectivity index (χ0n) is 11.7. The van der Waals surface area contributed by atoms with Crippen LogP contribution in [-0.2, 0) is 7.05 Å². The lowest BCUT2D eigenvalue weighted by Crippen LogP contribution is -2.01. The van der Waals surface area contributed by atoms with Crippen molar-refractivity contribution in [2.45, 2.75) is 26.7 Å². The Morgan fingerprint density at radius 1 is 1.32 bits per heavy atom. The molecule has 2 rings (SSSR count). The van der Waals surface area contributed by atoms with Crippen LogP contribution in [0.4, 0.5) is 17.2 Å². The Kier molecular flexibility index (Phi) is 3.85. The predicted octanol–water partition coefficient (Wildman–Crippen LogP) is 3.94. The second kappa shape index (κ2) is 5.25. The van der Waals surface area contributed by atoms with Crippen molar-refractivity contribution >= 4 is 33.1 Å². The first-order valence-electron chi connectivity index (χ1n) is 6.25. The molecule has 0 saturated heterocycles. The molecule has 4 nitrogen and oxygen atoms in total. The van der Waals surface area contributed by atoms with Crippen molar-refractivity contribution in [1.82, 2.24) is 9.78 Å². The molecule has 1 aromatic carbocycles. The lowest BCUT2D eigenvalue weighted by molar-refractivity contribution is 0.718. The highest BCUT2D eigenvalue weighted by Gasteiger charge is 2.16. The third kappa shape index (κ3) is 2.92. The maximum absolute atomic E-state index is 6.17. The molecule has 2 aromatic rings. The normalized spacial score (nSPS) is 11.1. The molecule has 0 unspecified atom stereocenters. The maximum atomic E-state index is 6.17. The summed E-state index contributed by atoms with van der Waals surface area (Å²) in [4.78, 5) is 0. The number of nitrogens with one attached hydrogen (secondary N) is 1. The highest BCUT2D eigenvalue weighted by Crippen LogP contribution is 2.31. The number of aryl methyl sites for hydroxylation is 2. The Bertz CT molecular complexity index is 581. The molecule has 0 radical (unpaired) electrons. The van der Waals surface area contributed by atoms with E-state index in [1.54, 1.807) is 4.68 Å². The topological polar surface area (TPSA) is 55.9 Å². The number of hydrogen-bond donors (Lipinski definition) is 2. The van der Waals surface area contributed by atoms with Crippen molar-refractivity contribution in [1.29, 1.82) is 0 Å². The van der Waals surface area contributed by atoms with Gasteiger partial charge in [0, 0.05) is 17.2 Å². The van der Waals surface area contributed by atoms with Gasteiger partial charge in [0.15, 0.2) is 5.82 Å². The number of aromatic nitrogens is 2.